The molecule has 0 unspecified atom stereocenters. The number of benzene rings is 3. The molecule has 0 radical (unpaired) electrons. The third kappa shape index (κ3) is 4.76. The fourth-order valence-corrected chi connectivity index (χ4v) is 5.23. The number of hydrogen-bond acceptors (Lipinski definition) is 7. The van der Waals surface area contributed by atoms with Gasteiger partial charge in [-0.25, -0.2) is 4.79 Å². The Bertz CT molecular complexity index is 1550. The highest BCUT2D eigenvalue weighted by molar-refractivity contribution is 5.49. The summed E-state index contributed by atoms with van der Waals surface area (Å²) in [6.45, 7) is -2.14. The van der Waals surface area contributed by atoms with Gasteiger partial charge in [0.15, 0.2) is 6.10 Å². The minimum absolute atomic E-state index is 0.445. The predicted molar refractivity (Wildman–Crippen MR) is 144 cm³/mol. The van der Waals surface area contributed by atoms with E-state index in [4.69, 9.17) is 14.2 Å². The molecule has 5 rings (SSSR count). The molecule has 1 aromatic heterocycles. The maximum atomic E-state index is 16.6. The van der Waals surface area contributed by atoms with Gasteiger partial charge in [0.25, 0.3) is 5.56 Å². The largest absolute Gasteiger partial charge is 0.497 e. The van der Waals surface area contributed by atoms with Gasteiger partial charge in [-0.05, 0) is 28.8 Å². The van der Waals surface area contributed by atoms with Gasteiger partial charge in [0.05, 0.1) is 20.3 Å². The van der Waals surface area contributed by atoms with Crippen molar-refractivity contribution >= 4 is 0 Å². The average molecular weight is 567 g/mol. The molecule has 2 atom stereocenters. The first kappa shape index (κ1) is 28.4. The number of alkyl halides is 2. The number of aromatic amines is 1. The van der Waals surface area contributed by atoms with E-state index >= 15 is 8.78 Å². The third-order valence-corrected chi connectivity index (χ3v) is 7.29. The van der Waals surface area contributed by atoms with Crippen LogP contribution in [0.2, 0.25) is 0 Å². The van der Waals surface area contributed by atoms with Gasteiger partial charge in [-0.1, -0.05) is 72.8 Å². The average Bonchev–Trinajstić information content (AvgIpc) is 3.22. The zero-order chi connectivity index (χ0) is 29.3. The number of H-pyrrole nitrogens is 1. The number of aliphatic hydroxyl groups is 2. The molecule has 1 fully saturated rings. The molecule has 4 aromatic rings. The summed E-state index contributed by atoms with van der Waals surface area (Å²) in [5.74, 6) is -3.48. The second-order valence-electron chi connectivity index (χ2n) is 9.68. The van der Waals surface area contributed by atoms with Gasteiger partial charge in [0, 0.05) is 12.3 Å². The maximum Gasteiger partial charge on any atom is 0.330 e. The number of nitrogens with zero attached hydrogens (tertiary/aromatic N) is 1. The number of hydrogen-bond donors (Lipinski definition) is 3. The van der Waals surface area contributed by atoms with Crippen molar-refractivity contribution in [3.8, 4) is 5.75 Å². The number of nitrogens with one attached hydrogen (secondary N) is 1. The second-order valence-corrected chi connectivity index (χ2v) is 9.68. The number of halogens is 2. The van der Waals surface area contributed by atoms with E-state index in [1.807, 2.05) is 4.98 Å². The Balaban J connectivity index is 1.77. The van der Waals surface area contributed by atoms with Crippen molar-refractivity contribution in [2.75, 3.05) is 20.3 Å². The Kier molecular flexibility index (Phi) is 7.62. The molecule has 0 spiro atoms. The normalized spacial score (nSPS) is 19.6. The van der Waals surface area contributed by atoms with Crippen LogP contribution < -0.4 is 16.0 Å². The van der Waals surface area contributed by atoms with Crippen molar-refractivity contribution in [3.05, 3.63) is 135 Å². The van der Waals surface area contributed by atoms with Gasteiger partial charge in [-0.15, -0.1) is 0 Å². The van der Waals surface area contributed by atoms with Gasteiger partial charge in [0.2, 0.25) is 6.23 Å². The quantitative estimate of drug-likeness (QED) is 0.266. The fraction of sp³-hybridized carbons (Fsp3) is 0.267. The zero-order valence-electron chi connectivity index (χ0n) is 21.9. The highest BCUT2D eigenvalue weighted by Gasteiger charge is 2.69. The van der Waals surface area contributed by atoms with E-state index in [0.717, 1.165) is 12.3 Å². The van der Waals surface area contributed by atoms with E-state index in [-0.39, 0.29) is 0 Å². The summed E-state index contributed by atoms with van der Waals surface area (Å²) in [6.07, 6.45) is -3.75. The van der Waals surface area contributed by atoms with Crippen LogP contribution in [-0.4, -0.2) is 57.7 Å². The van der Waals surface area contributed by atoms with E-state index in [1.165, 1.54) is 7.11 Å². The summed E-state index contributed by atoms with van der Waals surface area (Å²) in [5.41, 5.74) is -4.62. The molecule has 1 saturated heterocycles. The van der Waals surface area contributed by atoms with Crippen molar-refractivity contribution in [2.24, 2.45) is 0 Å². The van der Waals surface area contributed by atoms with E-state index < -0.39 is 53.9 Å². The molecule has 1 aliphatic heterocycles. The van der Waals surface area contributed by atoms with Gasteiger partial charge < -0.3 is 24.4 Å². The molecule has 3 aromatic carbocycles. The lowest BCUT2D eigenvalue weighted by Crippen LogP contribution is -2.56. The van der Waals surface area contributed by atoms with Crippen molar-refractivity contribution < 1.29 is 33.2 Å². The van der Waals surface area contributed by atoms with Crippen LogP contribution in [0, 0.1) is 0 Å². The van der Waals surface area contributed by atoms with Crippen LogP contribution >= 0.6 is 0 Å². The molecule has 0 amide bonds. The summed E-state index contributed by atoms with van der Waals surface area (Å²) in [6, 6.07) is 24.9. The van der Waals surface area contributed by atoms with Crippen LogP contribution in [0.1, 0.15) is 22.9 Å². The monoisotopic (exact) mass is 566 g/mol. The molecule has 1 aliphatic rings. The summed E-state index contributed by atoms with van der Waals surface area (Å²) in [4.78, 5) is 26.1. The Labute approximate surface area is 233 Å². The summed E-state index contributed by atoms with van der Waals surface area (Å²) < 4.78 is 51.1. The molecular weight excluding hydrogens is 538 g/mol. The van der Waals surface area contributed by atoms with Gasteiger partial charge >= 0.3 is 11.6 Å². The Morgan fingerprint density at radius 2 is 1.41 bits per heavy atom. The lowest BCUT2D eigenvalue weighted by Gasteiger charge is -2.42. The van der Waals surface area contributed by atoms with Crippen molar-refractivity contribution in [2.45, 2.75) is 29.5 Å². The van der Waals surface area contributed by atoms with E-state index in [1.54, 1.807) is 84.9 Å². The van der Waals surface area contributed by atoms with Crippen molar-refractivity contribution in [1.82, 2.24) is 9.55 Å². The first-order valence-corrected chi connectivity index (χ1v) is 12.7. The minimum atomic E-state index is -4.01. The number of rotatable bonds is 9. The van der Waals surface area contributed by atoms with Crippen LogP contribution in [0.15, 0.2) is 107 Å². The number of ether oxygens (including phenoxy) is 3. The second kappa shape index (κ2) is 11.0. The first-order chi connectivity index (χ1) is 19.7. The Morgan fingerprint density at radius 3 is 1.90 bits per heavy atom. The summed E-state index contributed by atoms with van der Waals surface area (Å²) >= 11 is 0. The molecule has 0 bridgehead atoms. The molecule has 214 valence electrons. The lowest BCUT2D eigenvalue weighted by atomic mass is 9.79. The van der Waals surface area contributed by atoms with E-state index in [9.17, 15) is 19.8 Å². The summed E-state index contributed by atoms with van der Waals surface area (Å²) in [5, 5.41) is 20.8. The standard InChI is InChI=1S/C30H28F2N2O7/c1-39-23-14-12-22(13-15-23)29(20-8-4-2-5-9-20,21-10-6-3-7-11-21)40-25-28(18-35,19-36)41-26(30(25,31)32)34-17-16-24(37)33-27(34)38/h2-17,25-26,35-36H,18-19H2,1H3,(H,33,37,38)/t25-,26-/m1/s1. The molecule has 41 heavy (non-hydrogen) atoms. The molecule has 0 saturated carbocycles. The lowest BCUT2D eigenvalue weighted by molar-refractivity contribution is -0.198. The van der Waals surface area contributed by atoms with Crippen LogP contribution in [-0.2, 0) is 15.1 Å². The Morgan fingerprint density at radius 1 is 0.878 bits per heavy atom. The predicted octanol–water partition coefficient (Wildman–Crippen LogP) is 2.81. The van der Waals surface area contributed by atoms with Crippen LogP contribution in [0.3, 0.4) is 0 Å². The van der Waals surface area contributed by atoms with E-state index in [0.29, 0.717) is 27.0 Å². The highest BCUT2D eigenvalue weighted by Crippen LogP contribution is 2.53. The smallest absolute Gasteiger partial charge is 0.330 e. The first-order valence-electron chi connectivity index (χ1n) is 12.7. The summed E-state index contributed by atoms with van der Waals surface area (Å²) in [7, 11) is 1.50. The fourth-order valence-electron chi connectivity index (χ4n) is 5.23. The molecular formula is C30H28F2N2O7. The van der Waals surface area contributed by atoms with Crippen molar-refractivity contribution in [3.63, 3.8) is 0 Å². The molecule has 0 aliphatic carbocycles. The van der Waals surface area contributed by atoms with Crippen LogP contribution in [0.5, 0.6) is 5.75 Å². The maximum absolute atomic E-state index is 16.6. The zero-order valence-corrected chi connectivity index (χ0v) is 21.9. The van der Waals surface area contributed by atoms with Crippen LogP contribution in [0.4, 0.5) is 8.78 Å². The molecule has 9 nitrogen and oxygen atoms in total. The highest BCUT2D eigenvalue weighted by atomic mass is 19.3. The van der Waals surface area contributed by atoms with Gasteiger partial charge in [0.1, 0.15) is 17.0 Å². The molecule has 2 heterocycles. The number of methoxy groups -OCH3 is 1. The SMILES string of the molecule is COc1ccc(C(O[C@@H]2C(CO)(CO)O[C@@H](n3ccc(=O)[nH]c3=O)C2(F)F)(c2ccccc2)c2ccccc2)cc1. The van der Waals surface area contributed by atoms with Gasteiger partial charge in [-0.3, -0.25) is 14.3 Å². The Hall–Kier alpha value is -4.16. The third-order valence-electron chi connectivity index (χ3n) is 7.29. The van der Waals surface area contributed by atoms with Crippen LogP contribution in [0.25, 0.3) is 0 Å². The number of aromatic nitrogens is 2. The van der Waals surface area contributed by atoms with Crippen molar-refractivity contribution in [1.29, 1.82) is 0 Å². The molecule has 3 N–H and O–H groups in total. The van der Waals surface area contributed by atoms with Gasteiger partial charge in [-0.2, -0.15) is 8.78 Å². The van der Waals surface area contributed by atoms with E-state index in [2.05, 4.69) is 0 Å². The topological polar surface area (TPSA) is 123 Å². The minimum Gasteiger partial charge on any atom is -0.497 e. The number of aliphatic hydroxyl groups excluding tert-OH is 2. The molecule has 11 heteroatoms.